The van der Waals surface area contributed by atoms with Crippen molar-refractivity contribution in [3.63, 3.8) is 0 Å². The van der Waals surface area contributed by atoms with Crippen LogP contribution < -0.4 is 10.6 Å². The normalized spacial score (nSPS) is 13.0. The number of hydrogen-bond acceptors (Lipinski definition) is 5. The molecule has 0 aliphatic carbocycles. The molecule has 3 aromatic carbocycles. The molecular weight excluding hydrogens is 466 g/mol. The molecule has 2 N–H and O–H groups in total. The van der Waals surface area contributed by atoms with E-state index in [4.69, 9.17) is 4.74 Å². The summed E-state index contributed by atoms with van der Waals surface area (Å²) in [5.74, 6) is -0.899. The quantitative estimate of drug-likeness (QED) is 0.391. The smallest absolute Gasteiger partial charge is 0.303 e. The first-order valence-corrected chi connectivity index (χ1v) is 12.5. The zero-order valence-electron chi connectivity index (χ0n) is 22.3. The highest BCUT2D eigenvalue weighted by Crippen LogP contribution is 2.18. The molecule has 7 nitrogen and oxygen atoms in total. The summed E-state index contributed by atoms with van der Waals surface area (Å²) in [6.07, 6.45) is 0.846. The summed E-state index contributed by atoms with van der Waals surface area (Å²) >= 11 is 0. The Hall–Kier alpha value is -3.71. The molecule has 7 heteroatoms. The molecule has 2 amide bonds. The van der Waals surface area contributed by atoms with Gasteiger partial charge in [-0.1, -0.05) is 72.8 Å². The van der Waals surface area contributed by atoms with E-state index < -0.39 is 23.7 Å². The zero-order chi connectivity index (χ0) is 27.0. The van der Waals surface area contributed by atoms with E-state index in [0.29, 0.717) is 12.8 Å². The Balaban J connectivity index is 1.78. The second-order valence-corrected chi connectivity index (χ2v) is 9.95. The van der Waals surface area contributed by atoms with Gasteiger partial charge in [0.1, 0.15) is 11.6 Å². The standard InChI is InChI=1S/C30H37N3O4/c1-21(34)37-30(2,3)20-32-28(35)27(19-22-11-7-6-8-12-22)33(5)29(36)26(31-4)18-23-15-16-24-13-9-10-14-25(24)17-23/h6-17,26-27,31H,18-20H2,1-5H3,(H,32,35)/t26-,27?/m1/s1. The van der Waals surface area contributed by atoms with Crippen molar-refractivity contribution in [2.45, 2.75) is 51.3 Å². The van der Waals surface area contributed by atoms with Crippen molar-refractivity contribution >= 4 is 28.6 Å². The largest absolute Gasteiger partial charge is 0.458 e. The van der Waals surface area contributed by atoms with Gasteiger partial charge in [0.15, 0.2) is 0 Å². The molecule has 0 saturated carbocycles. The van der Waals surface area contributed by atoms with Crippen LogP contribution in [0.15, 0.2) is 72.8 Å². The average molecular weight is 504 g/mol. The van der Waals surface area contributed by atoms with E-state index in [1.165, 1.54) is 11.8 Å². The van der Waals surface area contributed by atoms with Crippen molar-refractivity contribution in [2.24, 2.45) is 0 Å². The first-order chi connectivity index (χ1) is 17.6. The predicted molar refractivity (Wildman–Crippen MR) is 146 cm³/mol. The highest BCUT2D eigenvalue weighted by Gasteiger charge is 2.32. The van der Waals surface area contributed by atoms with Crippen LogP contribution >= 0.6 is 0 Å². The Labute approximate surface area is 219 Å². The first kappa shape index (κ1) is 27.9. The number of benzene rings is 3. The molecule has 3 rings (SSSR count). The van der Waals surface area contributed by atoms with Gasteiger partial charge < -0.3 is 20.3 Å². The lowest BCUT2D eigenvalue weighted by atomic mass is 9.99. The van der Waals surface area contributed by atoms with Gasteiger partial charge in [0.25, 0.3) is 0 Å². The van der Waals surface area contributed by atoms with Crippen molar-refractivity contribution in [2.75, 3.05) is 20.6 Å². The fourth-order valence-electron chi connectivity index (χ4n) is 4.40. The number of nitrogens with one attached hydrogen (secondary N) is 2. The van der Waals surface area contributed by atoms with Gasteiger partial charge in [-0.2, -0.15) is 0 Å². The van der Waals surface area contributed by atoms with Crippen molar-refractivity contribution in [1.29, 1.82) is 0 Å². The highest BCUT2D eigenvalue weighted by atomic mass is 16.6. The number of likely N-dealkylation sites (N-methyl/N-ethyl adjacent to an activating group) is 2. The van der Waals surface area contributed by atoms with Gasteiger partial charge in [-0.05, 0) is 49.2 Å². The fraction of sp³-hybridized carbons (Fsp3) is 0.367. The molecule has 37 heavy (non-hydrogen) atoms. The summed E-state index contributed by atoms with van der Waals surface area (Å²) in [4.78, 5) is 39.9. The van der Waals surface area contributed by atoms with E-state index in [2.05, 4.69) is 34.9 Å². The maximum atomic E-state index is 13.6. The number of esters is 1. The minimum Gasteiger partial charge on any atom is -0.458 e. The molecule has 0 saturated heterocycles. The molecule has 0 spiro atoms. The summed E-state index contributed by atoms with van der Waals surface area (Å²) in [7, 11) is 3.42. The summed E-state index contributed by atoms with van der Waals surface area (Å²) in [5.41, 5.74) is 1.11. The van der Waals surface area contributed by atoms with Crippen molar-refractivity contribution < 1.29 is 19.1 Å². The molecule has 0 radical (unpaired) electrons. The van der Waals surface area contributed by atoms with E-state index in [1.54, 1.807) is 27.9 Å². The summed E-state index contributed by atoms with van der Waals surface area (Å²) in [5, 5.41) is 8.28. The first-order valence-electron chi connectivity index (χ1n) is 12.5. The third kappa shape index (κ3) is 7.89. The SMILES string of the molecule is CN[C@H](Cc1ccc2ccccc2c1)C(=O)N(C)C(Cc1ccccc1)C(=O)NCC(C)(C)OC(C)=O. The molecule has 0 heterocycles. The molecule has 0 fully saturated rings. The number of carbonyl (C=O) groups excluding carboxylic acids is 3. The highest BCUT2D eigenvalue weighted by molar-refractivity contribution is 5.90. The number of carbonyl (C=O) groups is 3. The second-order valence-electron chi connectivity index (χ2n) is 9.95. The minimum atomic E-state index is -0.870. The third-order valence-electron chi connectivity index (χ3n) is 6.40. The lowest BCUT2D eigenvalue weighted by Gasteiger charge is -2.32. The molecule has 0 aromatic heterocycles. The molecule has 0 bridgehead atoms. The third-order valence-corrected chi connectivity index (χ3v) is 6.40. The van der Waals surface area contributed by atoms with Gasteiger partial charge in [-0.15, -0.1) is 0 Å². The van der Waals surface area contributed by atoms with Crippen LogP contribution in [0.4, 0.5) is 0 Å². The van der Waals surface area contributed by atoms with E-state index in [0.717, 1.165) is 21.9 Å². The molecule has 0 aliphatic heterocycles. The van der Waals surface area contributed by atoms with Crippen LogP contribution in [0.1, 0.15) is 31.9 Å². The van der Waals surface area contributed by atoms with Gasteiger partial charge in [-0.25, -0.2) is 0 Å². The summed E-state index contributed by atoms with van der Waals surface area (Å²) in [6.45, 7) is 4.93. The predicted octanol–water partition coefficient (Wildman–Crippen LogP) is 3.50. The molecule has 196 valence electrons. The van der Waals surface area contributed by atoms with Gasteiger partial charge in [0.05, 0.1) is 12.6 Å². The van der Waals surface area contributed by atoms with Gasteiger partial charge in [0.2, 0.25) is 11.8 Å². The number of ether oxygens (including phenoxy) is 1. The van der Waals surface area contributed by atoms with E-state index in [1.807, 2.05) is 48.5 Å². The van der Waals surface area contributed by atoms with E-state index in [9.17, 15) is 14.4 Å². The lowest BCUT2D eigenvalue weighted by Crippen LogP contribution is -2.55. The Bertz CT molecular complexity index is 1230. The van der Waals surface area contributed by atoms with Gasteiger partial charge in [-0.3, -0.25) is 14.4 Å². The van der Waals surface area contributed by atoms with Crippen molar-refractivity contribution in [3.8, 4) is 0 Å². The monoisotopic (exact) mass is 503 g/mol. The number of rotatable bonds is 11. The van der Waals surface area contributed by atoms with E-state index >= 15 is 0 Å². The van der Waals surface area contributed by atoms with Crippen LogP contribution in [0.3, 0.4) is 0 Å². The molecule has 2 atom stereocenters. The van der Waals surface area contributed by atoms with Crippen LogP contribution in [0, 0.1) is 0 Å². The molecular formula is C30H37N3O4. The number of hydrogen-bond donors (Lipinski definition) is 2. The maximum absolute atomic E-state index is 13.6. The Morgan fingerprint density at radius 1 is 0.892 bits per heavy atom. The second kappa shape index (κ2) is 12.5. The van der Waals surface area contributed by atoms with Crippen molar-refractivity contribution in [3.05, 3.63) is 83.9 Å². The fourth-order valence-corrected chi connectivity index (χ4v) is 4.40. The van der Waals surface area contributed by atoms with Gasteiger partial charge in [0, 0.05) is 20.4 Å². The Morgan fingerprint density at radius 3 is 2.19 bits per heavy atom. The molecule has 1 unspecified atom stereocenters. The number of fused-ring (bicyclic) bond motifs is 1. The average Bonchev–Trinajstić information content (AvgIpc) is 2.88. The summed E-state index contributed by atoms with van der Waals surface area (Å²) < 4.78 is 5.30. The van der Waals surface area contributed by atoms with Gasteiger partial charge >= 0.3 is 5.97 Å². The topological polar surface area (TPSA) is 87.7 Å². The molecule has 0 aliphatic rings. The number of nitrogens with zero attached hydrogens (tertiary/aromatic N) is 1. The Kier molecular flexibility index (Phi) is 9.42. The lowest BCUT2D eigenvalue weighted by molar-refractivity contribution is -0.154. The zero-order valence-corrected chi connectivity index (χ0v) is 22.3. The van der Waals surface area contributed by atoms with Crippen LogP contribution in [0.25, 0.3) is 10.8 Å². The maximum Gasteiger partial charge on any atom is 0.303 e. The van der Waals surface area contributed by atoms with Crippen LogP contribution in [0.2, 0.25) is 0 Å². The minimum absolute atomic E-state index is 0.130. The summed E-state index contributed by atoms with van der Waals surface area (Å²) in [6, 6.07) is 22.7. The molecule has 3 aromatic rings. The van der Waals surface area contributed by atoms with Crippen LogP contribution in [-0.2, 0) is 32.0 Å². The number of amides is 2. The van der Waals surface area contributed by atoms with Crippen molar-refractivity contribution in [1.82, 2.24) is 15.5 Å². The van der Waals surface area contributed by atoms with Crippen LogP contribution in [0.5, 0.6) is 0 Å². The van der Waals surface area contributed by atoms with Crippen LogP contribution in [-0.4, -0.2) is 61.0 Å². The Morgan fingerprint density at radius 2 is 1.54 bits per heavy atom. The van der Waals surface area contributed by atoms with E-state index in [-0.39, 0.29) is 18.4 Å².